The number of aromatic amines is 1. The molecule has 19 heavy (non-hydrogen) atoms. The molecule has 1 aromatic rings. The molecular formula is C15H21N3O. The number of rotatable bonds is 4. The first kappa shape index (κ1) is 11.5. The van der Waals surface area contributed by atoms with E-state index in [1.807, 2.05) is 6.07 Å². The van der Waals surface area contributed by atoms with E-state index in [1.54, 1.807) is 0 Å². The molecule has 0 aliphatic heterocycles. The lowest BCUT2D eigenvalue weighted by Crippen LogP contribution is -2.18. The van der Waals surface area contributed by atoms with Gasteiger partial charge in [-0.05, 0) is 49.4 Å². The lowest BCUT2D eigenvalue weighted by atomic mass is 10.0. The van der Waals surface area contributed by atoms with E-state index in [1.165, 1.54) is 19.3 Å². The van der Waals surface area contributed by atoms with Crippen LogP contribution in [0.2, 0.25) is 0 Å². The van der Waals surface area contributed by atoms with E-state index in [2.05, 4.69) is 22.4 Å². The molecular weight excluding hydrogens is 238 g/mol. The van der Waals surface area contributed by atoms with Gasteiger partial charge in [-0.1, -0.05) is 13.3 Å². The Labute approximate surface area is 113 Å². The third kappa shape index (κ3) is 1.72. The molecule has 2 N–H and O–H groups in total. The summed E-state index contributed by atoms with van der Waals surface area (Å²) in [6.07, 6.45) is 6.19. The molecule has 0 radical (unpaired) electrons. The zero-order chi connectivity index (χ0) is 13.0. The van der Waals surface area contributed by atoms with Gasteiger partial charge in [-0.3, -0.25) is 9.89 Å². The third-order valence-corrected chi connectivity index (χ3v) is 5.44. The van der Waals surface area contributed by atoms with Crippen molar-refractivity contribution in [2.45, 2.75) is 39.0 Å². The summed E-state index contributed by atoms with van der Waals surface area (Å²) in [4.78, 5) is 12.3. The molecule has 4 atom stereocenters. The van der Waals surface area contributed by atoms with Crippen LogP contribution in [-0.2, 0) is 11.2 Å². The maximum Gasteiger partial charge on any atom is 0.229 e. The maximum atomic E-state index is 12.3. The SMILES string of the molecule is CCCc1cc(NC(=O)C2C3C4CCC(C4)C23)n[nH]1. The number of nitrogens with zero attached hydrogens (tertiary/aromatic N) is 1. The van der Waals surface area contributed by atoms with Gasteiger partial charge in [0.15, 0.2) is 5.82 Å². The molecule has 4 unspecified atom stereocenters. The molecule has 2 bridgehead atoms. The lowest BCUT2D eigenvalue weighted by Gasteiger charge is -2.07. The third-order valence-electron chi connectivity index (χ3n) is 5.44. The summed E-state index contributed by atoms with van der Waals surface area (Å²) in [6, 6.07) is 1.97. The van der Waals surface area contributed by atoms with Gasteiger partial charge in [0.1, 0.15) is 0 Å². The van der Waals surface area contributed by atoms with Crippen LogP contribution in [0.15, 0.2) is 6.07 Å². The number of carbonyl (C=O) groups excluding carboxylic acids is 1. The van der Waals surface area contributed by atoms with Gasteiger partial charge in [-0.25, -0.2) is 0 Å². The average molecular weight is 259 g/mol. The van der Waals surface area contributed by atoms with Crippen LogP contribution in [0, 0.1) is 29.6 Å². The van der Waals surface area contributed by atoms with Gasteiger partial charge in [0, 0.05) is 17.7 Å². The fourth-order valence-electron chi connectivity index (χ4n) is 4.71. The van der Waals surface area contributed by atoms with Crippen molar-refractivity contribution in [3.05, 3.63) is 11.8 Å². The van der Waals surface area contributed by atoms with E-state index in [-0.39, 0.29) is 11.8 Å². The van der Waals surface area contributed by atoms with Gasteiger partial charge in [-0.15, -0.1) is 0 Å². The fraction of sp³-hybridized carbons (Fsp3) is 0.733. The van der Waals surface area contributed by atoms with Gasteiger partial charge < -0.3 is 5.32 Å². The summed E-state index contributed by atoms with van der Waals surface area (Å²) in [5.74, 6) is 4.30. The molecule has 4 rings (SSSR count). The Morgan fingerprint density at radius 2 is 2.16 bits per heavy atom. The Bertz CT molecular complexity index is 493. The summed E-state index contributed by atoms with van der Waals surface area (Å²) in [5, 5.41) is 10.2. The lowest BCUT2D eigenvalue weighted by molar-refractivity contribution is -0.118. The number of amides is 1. The van der Waals surface area contributed by atoms with Gasteiger partial charge in [0.25, 0.3) is 0 Å². The first-order valence-electron chi connectivity index (χ1n) is 7.63. The first-order valence-corrected chi connectivity index (χ1v) is 7.63. The molecule has 0 saturated heterocycles. The maximum absolute atomic E-state index is 12.3. The van der Waals surface area contributed by atoms with Crippen LogP contribution in [0.25, 0.3) is 0 Å². The number of hydrogen-bond acceptors (Lipinski definition) is 2. The fourth-order valence-corrected chi connectivity index (χ4v) is 4.71. The van der Waals surface area contributed by atoms with Crippen LogP contribution in [-0.4, -0.2) is 16.1 Å². The Morgan fingerprint density at radius 3 is 2.84 bits per heavy atom. The zero-order valence-electron chi connectivity index (χ0n) is 11.4. The minimum atomic E-state index is 0.209. The molecule has 1 aromatic heterocycles. The number of nitrogens with one attached hydrogen (secondary N) is 2. The normalized spacial score (nSPS) is 38.3. The smallest absolute Gasteiger partial charge is 0.229 e. The van der Waals surface area contributed by atoms with Crippen LogP contribution >= 0.6 is 0 Å². The van der Waals surface area contributed by atoms with Crippen molar-refractivity contribution in [3.63, 3.8) is 0 Å². The number of hydrogen-bond donors (Lipinski definition) is 2. The van der Waals surface area contributed by atoms with Crippen molar-refractivity contribution in [3.8, 4) is 0 Å². The van der Waals surface area contributed by atoms with E-state index in [4.69, 9.17) is 0 Å². The summed E-state index contributed by atoms with van der Waals surface area (Å²) in [7, 11) is 0. The second-order valence-corrected chi connectivity index (χ2v) is 6.53. The molecule has 4 nitrogen and oxygen atoms in total. The Balaban J connectivity index is 1.40. The predicted molar refractivity (Wildman–Crippen MR) is 72.5 cm³/mol. The molecule has 0 aromatic carbocycles. The second-order valence-electron chi connectivity index (χ2n) is 6.53. The molecule has 3 fully saturated rings. The van der Waals surface area contributed by atoms with Gasteiger partial charge in [0.05, 0.1) is 0 Å². The van der Waals surface area contributed by atoms with Crippen molar-refractivity contribution in [2.24, 2.45) is 29.6 Å². The number of H-pyrrole nitrogens is 1. The number of fused-ring (bicyclic) bond motifs is 5. The van der Waals surface area contributed by atoms with Crippen LogP contribution in [0.5, 0.6) is 0 Å². The molecule has 1 heterocycles. The summed E-state index contributed by atoms with van der Waals surface area (Å²) >= 11 is 0. The highest BCUT2D eigenvalue weighted by Crippen LogP contribution is 2.69. The highest BCUT2D eigenvalue weighted by atomic mass is 16.2. The quantitative estimate of drug-likeness (QED) is 0.873. The minimum Gasteiger partial charge on any atom is -0.309 e. The predicted octanol–water partition coefficient (Wildman–Crippen LogP) is 2.59. The largest absolute Gasteiger partial charge is 0.309 e. The number of aromatic nitrogens is 2. The van der Waals surface area contributed by atoms with Crippen LogP contribution < -0.4 is 5.32 Å². The standard InChI is InChI=1S/C15H21N3O/c1-2-3-10-7-11(18-17-10)16-15(19)14-12-8-4-5-9(6-8)13(12)14/h7-9,12-14H,2-6H2,1H3,(H2,16,17,18,19). The van der Waals surface area contributed by atoms with Gasteiger partial charge >= 0.3 is 0 Å². The Kier molecular flexibility index (Phi) is 2.47. The van der Waals surface area contributed by atoms with Crippen LogP contribution in [0.3, 0.4) is 0 Å². The van der Waals surface area contributed by atoms with E-state index < -0.39 is 0 Å². The summed E-state index contributed by atoms with van der Waals surface area (Å²) in [5.41, 5.74) is 1.11. The highest BCUT2D eigenvalue weighted by molar-refractivity contribution is 5.94. The van der Waals surface area contributed by atoms with Crippen LogP contribution in [0.1, 0.15) is 38.3 Å². The molecule has 0 spiro atoms. The van der Waals surface area contributed by atoms with Crippen molar-refractivity contribution >= 4 is 11.7 Å². The van der Waals surface area contributed by atoms with E-state index in [9.17, 15) is 4.79 Å². The Morgan fingerprint density at radius 1 is 1.42 bits per heavy atom. The van der Waals surface area contributed by atoms with Crippen molar-refractivity contribution in [1.82, 2.24) is 10.2 Å². The molecule has 3 aliphatic carbocycles. The zero-order valence-corrected chi connectivity index (χ0v) is 11.4. The molecule has 1 amide bonds. The second kappa shape index (κ2) is 4.09. The number of anilines is 1. The van der Waals surface area contributed by atoms with E-state index in [0.29, 0.717) is 17.7 Å². The number of carbonyl (C=O) groups is 1. The van der Waals surface area contributed by atoms with Crippen molar-refractivity contribution in [1.29, 1.82) is 0 Å². The van der Waals surface area contributed by atoms with Crippen LogP contribution in [0.4, 0.5) is 5.82 Å². The molecule has 3 saturated carbocycles. The summed E-state index contributed by atoms with van der Waals surface area (Å²) in [6.45, 7) is 2.14. The Hall–Kier alpha value is -1.32. The van der Waals surface area contributed by atoms with Gasteiger partial charge in [-0.2, -0.15) is 5.10 Å². The van der Waals surface area contributed by atoms with E-state index in [0.717, 1.165) is 30.4 Å². The monoisotopic (exact) mass is 259 g/mol. The topological polar surface area (TPSA) is 57.8 Å². The first-order chi connectivity index (χ1) is 9.28. The highest BCUT2D eigenvalue weighted by Gasteiger charge is 2.67. The van der Waals surface area contributed by atoms with Gasteiger partial charge in [0.2, 0.25) is 5.91 Å². The summed E-state index contributed by atoms with van der Waals surface area (Å²) < 4.78 is 0. The molecule has 102 valence electrons. The number of aryl methyl sites for hydroxylation is 1. The van der Waals surface area contributed by atoms with E-state index >= 15 is 0 Å². The molecule has 4 heteroatoms. The average Bonchev–Trinajstić information content (AvgIpc) is 2.75. The molecule has 3 aliphatic rings. The van der Waals surface area contributed by atoms with Crippen molar-refractivity contribution < 1.29 is 4.79 Å². The minimum absolute atomic E-state index is 0.209. The van der Waals surface area contributed by atoms with Crippen molar-refractivity contribution in [2.75, 3.05) is 5.32 Å².